The molecule has 0 aromatic heterocycles. The lowest BCUT2D eigenvalue weighted by Crippen LogP contribution is -2.64. The number of aliphatic hydroxyl groups excluding tert-OH is 1. The molecule has 2 rings (SSSR count). The molecule has 25 nitrogen and oxygen atoms in total. The Bertz CT molecular complexity index is 2840. The van der Waals surface area contributed by atoms with Crippen molar-refractivity contribution in [2.75, 3.05) is 49.3 Å². The maximum Gasteiger partial charge on any atom is 0.335 e. The molecule has 1 aromatic carbocycles. The number of aromatic carboxylic acids is 1. The van der Waals surface area contributed by atoms with Crippen molar-refractivity contribution in [3.05, 3.63) is 47.5 Å². The molecule has 11 amide bonds. The van der Waals surface area contributed by atoms with E-state index in [1.807, 2.05) is 55.4 Å². The van der Waals surface area contributed by atoms with Gasteiger partial charge in [-0.2, -0.15) is 0 Å². The number of hydrogen-bond acceptors (Lipinski definition) is 13. The van der Waals surface area contributed by atoms with Crippen molar-refractivity contribution in [1.29, 1.82) is 0 Å². The third kappa shape index (κ3) is 22.9. The number of nitrogens with zero attached hydrogens (tertiary/aromatic N) is 7. The zero-order valence-corrected chi connectivity index (χ0v) is 61.3. The summed E-state index contributed by atoms with van der Waals surface area (Å²) in [5.74, 6) is -11.9. The summed E-state index contributed by atoms with van der Waals surface area (Å²) in [4.78, 5) is 185. The molecule has 1 heterocycles. The Labute approximate surface area is 565 Å². The maximum absolute atomic E-state index is 15.4. The molecule has 13 atom stereocenters. The molecule has 0 spiro atoms. The molecule has 6 N–H and O–H groups in total. The molecular weight excluding hydrogens is 1220 g/mol. The van der Waals surface area contributed by atoms with Crippen LogP contribution in [0.4, 0.5) is 0 Å². The number of rotatable bonds is 18. The first-order valence-corrected chi connectivity index (χ1v) is 33.7. The van der Waals surface area contributed by atoms with Gasteiger partial charge in [0.25, 0.3) is 0 Å². The van der Waals surface area contributed by atoms with Crippen molar-refractivity contribution in [1.82, 2.24) is 55.6 Å². The summed E-state index contributed by atoms with van der Waals surface area (Å²) < 4.78 is 0. The van der Waals surface area contributed by atoms with Crippen LogP contribution >= 0.6 is 0 Å². The summed E-state index contributed by atoms with van der Waals surface area (Å²) in [5.41, 5.74) is 0.378. The lowest BCUT2D eigenvalue weighted by atomic mass is 9.91. The van der Waals surface area contributed by atoms with Crippen LogP contribution in [-0.2, 0) is 59.2 Å². The van der Waals surface area contributed by atoms with Gasteiger partial charge in [0.15, 0.2) is 0 Å². The Balaban J connectivity index is 3.17. The van der Waals surface area contributed by atoms with Crippen molar-refractivity contribution in [3.8, 4) is 0 Å². The van der Waals surface area contributed by atoms with Crippen LogP contribution in [0, 0.1) is 41.4 Å². The minimum Gasteiger partial charge on any atom is -0.478 e. The van der Waals surface area contributed by atoms with Gasteiger partial charge in [-0.15, -0.1) is 0 Å². The number of carboxylic acids is 1. The number of aliphatic hydroxyl groups is 1. The molecule has 1 saturated heterocycles. The number of carboxylic acid groups (broad SMARTS) is 1. The number of hydrogen-bond donors (Lipinski definition) is 6. The molecule has 0 radical (unpaired) electrons. The molecule has 1 aromatic rings. The average molecular weight is 1340 g/mol. The third-order valence-corrected chi connectivity index (χ3v) is 18.0. The lowest BCUT2D eigenvalue weighted by Gasteiger charge is -2.41. The molecule has 0 bridgehead atoms. The van der Waals surface area contributed by atoms with Crippen LogP contribution in [0.15, 0.2) is 36.4 Å². The highest BCUT2D eigenvalue weighted by atomic mass is 16.4. The van der Waals surface area contributed by atoms with Gasteiger partial charge in [-0.1, -0.05) is 121 Å². The summed E-state index contributed by atoms with van der Waals surface area (Å²) in [6.45, 7) is 29.6. The lowest BCUT2D eigenvalue weighted by molar-refractivity contribution is -0.157. The standard InChI is InChI=1S/C70H117N11O14/c1-25-27-28-44(15)58(82)57-62(86)73-49(26-2)64(88)78(21)54(37-47-29-31-48(32-30-47)70(94)95)66(90)75(18)51(34-39(5)6)61(85)74-55(42(11)12)68(92)76(19)50(33-38(3)4)60(84)71-45(16)59(83)72-46(17)63(87)77(20)52(35-40(7)8)65(89)79(22)53(36-41(9)10)67(91)80(23)56(43(13)14)69(93)81(57)24/h25,27,29-32,38-46,49-58,82H,26,28,33-37H2,1-24H3,(H,71,84)(H,72,83)(H,73,86)(H,74,85)(H,94,95)/b27-25+/t44-,45+,46-,49+,50+,51+,52+,53+,54-,55+,56?,57+,58-/m1/s1. The molecule has 536 valence electrons. The minimum atomic E-state index is -1.69. The van der Waals surface area contributed by atoms with Gasteiger partial charge < -0.3 is 65.8 Å². The summed E-state index contributed by atoms with van der Waals surface area (Å²) in [6.07, 6.45) is 2.38. The first-order chi connectivity index (χ1) is 44.0. The molecular formula is C70H117N11O14. The van der Waals surface area contributed by atoms with E-state index in [2.05, 4.69) is 21.3 Å². The number of amides is 11. The van der Waals surface area contributed by atoms with E-state index in [0.29, 0.717) is 5.56 Å². The van der Waals surface area contributed by atoms with Crippen LogP contribution < -0.4 is 21.3 Å². The molecule has 25 heteroatoms. The zero-order valence-electron chi connectivity index (χ0n) is 61.3. The summed E-state index contributed by atoms with van der Waals surface area (Å²) in [6, 6.07) is -8.80. The van der Waals surface area contributed by atoms with Gasteiger partial charge in [-0.25, -0.2) is 4.79 Å². The summed E-state index contributed by atoms with van der Waals surface area (Å²) in [5, 5.41) is 33.1. The van der Waals surface area contributed by atoms with Gasteiger partial charge >= 0.3 is 5.97 Å². The fourth-order valence-electron chi connectivity index (χ4n) is 12.0. The number of likely N-dealkylation sites (N-methyl/N-ethyl adjacent to an activating group) is 7. The first kappa shape index (κ1) is 83.6. The SMILES string of the molecule is C/C=C/C[C@@H](C)[C@@H](O)[C@H]1C(=O)N[C@@H](CC)C(=O)N(C)[C@H](Cc2ccc(C(=O)O)cc2)C(=O)N(C)[C@@H](CC(C)C)C(=O)N[C@@H](C(C)C)C(=O)N(C)[C@@H](CC(C)C)C(=O)N[C@@H](C)C(=O)N[C@H](C)C(=O)N(C)[C@@H](CC(C)C)C(=O)N(C)[C@@H](CC(C)C)C(=O)N(C)C(C(C)C)C(=O)N1C. The largest absolute Gasteiger partial charge is 0.478 e. The van der Waals surface area contributed by atoms with E-state index >= 15 is 28.8 Å². The number of carbonyl (C=O) groups is 12. The highest BCUT2D eigenvalue weighted by Gasteiger charge is 2.46. The van der Waals surface area contributed by atoms with E-state index in [1.165, 1.54) is 112 Å². The fraction of sp³-hybridized carbons (Fsp3) is 0.714. The second-order valence-electron chi connectivity index (χ2n) is 28.5. The first-order valence-electron chi connectivity index (χ1n) is 33.7. The Morgan fingerprint density at radius 2 is 0.863 bits per heavy atom. The van der Waals surface area contributed by atoms with Crippen molar-refractivity contribution in [2.24, 2.45) is 41.4 Å². The quantitative estimate of drug-likeness (QED) is 0.110. The normalized spacial score (nSPS) is 26.0. The molecule has 1 aliphatic rings. The zero-order chi connectivity index (χ0) is 73.1. The highest BCUT2D eigenvalue weighted by Crippen LogP contribution is 2.27. The van der Waals surface area contributed by atoms with Gasteiger partial charge in [-0.3, -0.25) is 52.7 Å². The Kier molecular flexibility index (Phi) is 33.2. The molecule has 1 unspecified atom stereocenters. The van der Waals surface area contributed by atoms with Crippen LogP contribution in [0.1, 0.15) is 172 Å². The van der Waals surface area contributed by atoms with E-state index in [-0.39, 0.29) is 74.2 Å². The van der Waals surface area contributed by atoms with Gasteiger partial charge in [0.1, 0.15) is 66.5 Å². The number of carbonyl (C=O) groups excluding carboxylic acids is 11. The molecule has 1 fully saturated rings. The van der Waals surface area contributed by atoms with Crippen molar-refractivity contribution < 1.29 is 67.7 Å². The maximum atomic E-state index is 15.4. The molecule has 1 aliphatic heterocycles. The molecule has 0 aliphatic carbocycles. The number of allylic oxidation sites excluding steroid dienone is 2. The highest BCUT2D eigenvalue weighted by molar-refractivity contribution is 6.00. The van der Waals surface area contributed by atoms with Crippen LogP contribution in [-0.4, -0.2) is 237 Å². The summed E-state index contributed by atoms with van der Waals surface area (Å²) in [7, 11) is 9.79. The second kappa shape index (κ2) is 37.7. The third-order valence-electron chi connectivity index (χ3n) is 18.0. The predicted octanol–water partition coefficient (Wildman–Crippen LogP) is 4.58. The predicted molar refractivity (Wildman–Crippen MR) is 364 cm³/mol. The number of nitrogens with one attached hydrogen (secondary N) is 4. The van der Waals surface area contributed by atoms with Gasteiger partial charge in [0.2, 0.25) is 65.0 Å². The van der Waals surface area contributed by atoms with Crippen molar-refractivity contribution in [2.45, 2.75) is 235 Å². The fourth-order valence-corrected chi connectivity index (χ4v) is 12.0. The second-order valence-corrected chi connectivity index (χ2v) is 28.5. The Morgan fingerprint density at radius 1 is 0.463 bits per heavy atom. The van der Waals surface area contributed by atoms with E-state index < -0.39 is 161 Å². The van der Waals surface area contributed by atoms with E-state index in [0.717, 1.165) is 9.80 Å². The van der Waals surface area contributed by atoms with Gasteiger partial charge in [0.05, 0.1) is 11.7 Å². The van der Waals surface area contributed by atoms with E-state index in [9.17, 15) is 39.0 Å². The molecule has 95 heavy (non-hydrogen) atoms. The summed E-state index contributed by atoms with van der Waals surface area (Å²) >= 11 is 0. The minimum absolute atomic E-state index is 0.0470. The van der Waals surface area contributed by atoms with Crippen LogP contribution in [0.5, 0.6) is 0 Å². The van der Waals surface area contributed by atoms with Crippen LogP contribution in [0.2, 0.25) is 0 Å². The average Bonchev–Trinajstić information content (AvgIpc) is 0.810. The van der Waals surface area contributed by atoms with Crippen molar-refractivity contribution in [3.63, 3.8) is 0 Å². The molecule has 0 saturated carbocycles. The van der Waals surface area contributed by atoms with Crippen LogP contribution in [0.3, 0.4) is 0 Å². The van der Waals surface area contributed by atoms with E-state index in [4.69, 9.17) is 0 Å². The smallest absolute Gasteiger partial charge is 0.335 e. The number of benzene rings is 1. The van der Waals surface area contributed by atoms with Crippen molar-refractivity contribution >= 4 is 70.9 Å². The Morgan fingerprint density at radius 3 is 1.31 bits per heavy atom. The van der Waals surface area contributed by atoms with Gasteiger partial charge in [0, 0.05) is 55.8 Å². The van der Waals surface area contributed by atoms with E-state index in [1.54, 1.807) is 60.6 Å². The topological polar surface area (TPSA) is 316 Å². The van der Waals surface area contributed by atoms with Crippen LogP contribution in [0.25, 0.3) is 0 Å². The monoisotopic (exact) mass is 1340 g/mol. The van der Waals surface area contributed by atoms with Gasteiger partial charge in [-0.05, 0) is 118 Å². The Hall–Kier alpha value is -7.44.